The number of alkyl halides is 3. The lowest BCUT2D eigenvalue weighted by atomic mass is 10.2. The van der Waals surface area contributed by atoms with E-state index in [9.17, 15) is 13.2 Å². The molecule has 8 heteroatoms. The topological polar surface area (TPSA) is 73.1 Å². The summed E-state index contributed by atoms with van der Waals surface area (Å²) in [6.07, 6.45) is -3.46. The van der Waals surface area contributed by atoms with Gasteiger partial charge in [-0.3, -0.25) is 0 Å². The minimum absolute atomic E-state index is 0.116. The van der Waals surface area contributed by atoms with Crippen molar-refractivity contribution in [3.63, 3.8) is 0 Å². The Balaban J connectivity index is 2.15. The predicted molar refractivity (Wildman–Crippen MR) is 71.8 cm³/mol. The van der Waals surface area contributed by atoms with Crippen LogP contribution in [0.25, 0.3) is 0 Å². The summed E-state index contributed by atoms with van der Waals surface area (Å²) in [5.74, 6) is 0.456. The zero-order valence-corrected chi connectivity index (χ0v) is 11.1. The molecule has 3 N–H and O–H groups in total. The molecule has 1 aromatic heterocycles. The lowest BCUT2D eigenvalue weighted by Gasteiger charge is -2.11. The van der Waals surface area contributed by atoms with Gasteiger partial charge in [0.05, 0.1) is 7.11 Å². The lowest BCUT2D eigenvalue weighted by Crippen LogP contribution is -2.11. The summed E-state index contributed by atoms with van der Waals surface area (Å²) in [4.78, 5) is 7.17. The number of nitrogens with two attached hydrogens (primary N) is 1. The Kier molecular flexibility index (Phi) is 4.15. The first-order valence-corrected chi connectivity index (χ1v) is 5.96. The van der Waals surface area contributed by atoms with Crippen molar-refractivity contribution in [1.29, 1.82) is 0 Å². The van der Waals surface area contributed by atoms with Gasteiger partial charge < -0.3 is 15.8 Å². The number of benzene rings is 1. The minimum Gasteiger partial charge on any atom is -0.496 e. The average molecular weight is 298 g/mol. The van der Waals surface area contributed by atoms with Gasteiger partial charge >= 0.3 is 6.18 Å². The second-order valence-electron chi connectivity index (χ2n) is 4.19. The number of methoxy groups -OCH3 is 1. The molecule has 0 unspecified atom stereocenters. The van der Waals surface area contributed by atoms with Crippen LogP contribution in [-0.4, -0.2) is 17.1 Å². The van der Waals surface area contributed by atoms with Crippen LogP contribution in [0.1, 0.15) is 11.3 Å². The third-order valence-electron chi connectivity index (χ3n) is 2.69. The van der Waals surface area contributed by atoms with Crippen LogP contribution in [0, 0.1) is 0 Å². The SMILES string of the molecule is COc1ccc(N)cc1CNc1nccc(C(F)(F)F)n1. The van der Waals surface area contributed by atoms with Crippen LogP contribution in [0.15, 0.2) is 30.5 Å². The molecule has 0 saturated heterocycles. The third kappa shape index (κ3) is 3.74. The first-order valence-electron chi connectivity index (χ1n) is 5.96. The molecule has 0 fully saturated rings. The molecule has 5 nitrogen and oxygen atoms in total. The number of ether oxygens (including phenoxy) is 1. The zero-order valence-electron chi connectivity index (χ0n) is 11.1. The van der Waals surface area contributed by atoms with E-state index in [0.29, 0.717) is 17.0 Å². The van der Waals surface area contributed by atoms with Crippen LogP contribution in [0.2, 0.25) is 0 Å². The first-order chi connectivity index (χ1) is 9.90. The number of nitrogen functional groups attached to an aromatic ring is 1. The summed E-state index contributed by atoms with van der Waals surface area (Å²) in [7, 11) is 1.50. The Hall–Kier alpha value is -2.51. The van der Waals surface area contributed by atoms with Crippen molar-refractivity contribution in [2.75, 3.05) is 18.2 Å². The van der Waals surface area contributed by atoms with E-state index >= 15 is 0 Å². The first kappa shape index (κ1) is 14.9. The molecule has 0 radical (unpaired) electrons. The van der Waals surface area contributed by atoms with E-state index in [1.165, 1.54) is 7.11 Å². The molecule has 2 rings (SSSR count). The predicted octanol–water partition coefficient (Wildman–Crippen LogP) is 2.70. The fraction of sp³-hybridized carbons (Fsp3) is 0.231. The quantitative estimate of drug-likeness (QED) is 0.849. The van der Waals surface area contributed by atoms with E-state index in [0.717, 1.165) is 12.3 Å². The number of halogens is 3. The molecule has 0 atom stereocenters. The molecule has 1 aromatic carbocycles. The van der Waals surface area contributed by atoms with Gasteiger partial charge in [0, 0.05) is 24.0 Å². The molecule has 0 aliphatic heterocycles. The van der Waals surface area contributed by atoms with Crippen molar-refractivity contribution >= 4 is 11.6 Å². The van der Waals surface area contributed by atoms with Gasteiger partial charge in [-0.2, -0.15) is 13.2 Å². The van der Waals surface area contributed by atoms with Crippen LogP contribution in [-0.2, 0) is 12.7 Å². The Morgan fingerprint density at radius 2 is 2.05 bits per heavy atom. The van der Waals surface area contributed by atoms with Crippen LogP contribution in [0.5, 0.6) is 5.75 Å². The Labute approximate surface area is 119 Å². The number of aromatic nitrogens is 2. The summed E-state index contributed by atoms with van der Waals surface area (Å²) in [5, 5.41) is 2.72. The zero-order chi connectivity index (χ0) is 15.5. The van der Waals surface area contributed by atoms with Crippen molar-refractivity contribution in [1.82, 2.24) is 9.97 Å². The molecule has 2 aromatic rings. The molecule has 112 valence electrons. The third-order valence-corrected chi connectivity index (χ3v) is 2.69. The van der Waals surface area contributed by atoms with Gasteiger partial charge in [0.1, 0.15) is 11.4 Å². The molecule has 0 bridgehead atoms. The molecule has 21 heavy (non-hydrogen) atoms. The summed E-state index contributed by atoms with van der Waals surface area (Å²) in [5.41, 5.74) is 5.89. The van der Waals surface area contributed by atoms with Crippen molar-refractivity contribution in [3.05, 3.63) is 41.7 Å². The highest BCUT2D eigenvalue weighted by molar-refractivity contribution is 5.49. The Bertz CT molecular complexity index is 631. The number of nitrogens with one attached hydrogen (secondary N) is 1. The molecule has 0 amide bonds. The maximum absolute atomic E-state index is 12.5. The normalized spacial score (nSPS) is 11.2. The fourth-order valence-corrected chi connectivity index (χ4v) is 1.71. The minimum atomic E-state index is -4.51. The summed E-state index contributed by atoms with van der Waals surface area (Å²) in [6.45, 7) is 0.190. The van der Waals surface area contributed by atoms with Gasteiger partial charge in [-0.15, -0.1) is 0 Å². The fourth-order valence-electron chi connectivity index (χ4n) is 1.71. The van der Waals surface area contributed by atoms with Gasteiger partial charge in [0.2, 0.25) is 5.95 Å². The van der Waals surface area contributed by atoms with Gasteiger partial charge in [0.15, 0.2) is 0 Å². The highest BCUT2D eigenvalue weighted by Gasteiger charge is 2.32. The van der Waals surface area contributed by atoms with Crippen molar-refractivity contribution in [2.24, 2.45) is 0 Å². The second-order valence-corrected chi connectivity index (χ2v) is 4.19. The van der Waals surface area contributed by atoms with E-state index in [2.05, 4.69) is 15.3 Å². The van der Waals surface area contributed by atoms with E-state index < -0.39 is 11.9 Å². The van der Waals surface area contributed by atoms with Gasteiger partial charge in [-0.05, 0) is 24.3 Å². The number of nitrogens with zero attached hydrogens (tertiary/aromatic N) is 2. The van der Waals surface area contributed by atoms with Gasteiger partial charge in [-0.25, -0.2) is 9.97 Å². The Morgan fingerprint density at radius 3 is 2.71 bits per heavy atom. The van der Waals surface area contributed by atoms with Crippen molar-refractivity contribution in [3.8, 4) is 5.75 Å². The summed E-state index contributed by atoms with van der Waals surface area (Å²) >= 11 is 0. The standard InChI is InChI=1S/C13H13F3N4O/c1-21-10-3-2-9(17)6-8(10)7-19-12-18-5-4-11(20-12)13(14,15)16/h2-6H,7,17H2,1H3,(H,18,19,20). The maximum Gasteiger partial charge on any atom is 0.433 e. The maximum atomic E-state index is 12.5. The van der Waals surface area contributed by atoms with Crippen LogP contribution in [0.4, 0.5) is 24.8 Å². The van der Waals surface area contributed by atoms with Crippen molar-refractivity contribution in [2.45, 2.75) is 12.7 Å². The highest BCUT2D eigenvalue weighted by atomic mass is 19.4. The van der Waals surface area contributed by atoms with Crippen LogP contribution in [0.3, 0.4) is 0 Å². The largest absolute Gasteiger partial charge is 0.496 e. The molecule has 0 aliphatic carbocycles. The molecule has 0 aliphatic rings. The van der Waals surface area contributed by atoms with Crippen LogP contribution < -0.4 is 15.8 Å². The summed E-state index contributed by atoms with van der Waals surface area (Å²) in [6, 6.07) is 5.83. The smallest absolute Gasteiger partial charge is 0.433 e. The lowest BCUT2D eigenvalue weighted by molar-refractivity contribution is -0.141. The van der Waals surface area contributed by atoms with E-state index in [4.69, 9.17) is 10.5 Å². The van der Waals surface area contributed by atoms with E-state index in [-0.39, 0.29) is 12.5 Å². The van der Waals surface area contributed by atoms with E-state index in [1.54, 1.807) is 18.2 Å². The second kappa shape index (κ2) is 5.86. The van der Waals surface area contributed by atoms with E-state index in [1.807, 2.05) is 0 Å². The van der Waals surface area contributed by atoms with Gasteiger partial charge in [0.25, 0.3) is 0 Å². The molecule has 1 heterocycles. The van der Waals surface area contributed by atoms with Crippen LogP contribution >= 0.6 is 0 Å². The monoisotopic (exact) mass is 298 g/mol. The molecule has 0 spiro atoms. The Morgan fingerprint density at radius 1 is 1.29 bits per heavy atom. The number of anilines is 2. The molecule has 0 saturated carbocycles. The number of hydrogen-bond acceptors (Lipinski definition) is 5. The highest BCUT2D eigenvalue weighted by Crippen LogP contribution is 2.28. The average Bonchev–Trinajstić information content (AvgIpc) is 2.45. The van der Waals surface area contributed by atoms with Crippen molar-refractivity contribution < 1.29 is 17.9 Å². The summed E-state index contributed by atoms with van der Waals surface area (Å²) < 4.78 is 42.8. The molecular weight excluding hydrogens is 285 g/mol. The van der Waals surface area contributed by atoms with Gasteiger partial charge in [-0.1, -0.05) is 0 Å². The number of hydrogen-bond donors (Lipinski definition) is 2. The number of rotatable bonds is 4. The molecular formula is C13H13F3N4O.